The van der Waals surface area contributed by atoms with Crippen LogP contribution in [0.15, 0.2) is 12.1 Å². The topological polar surface area (TPSA) is 41.5 Å². The van der Waals surface area contributed by atoms with Crippen molar-refractivity contribution in [1.82, 2.24) is 5.32 Å². The SMILES string of the molecule is CCC(CCO)CNCc1cc(Cl)cc(Cl)c1OC. The number of aliphatic hydroxyl groups excluding tert-OH is 1. The summed E-state index contributed by atoms with van der Waals surface area (Å²) in [7, 11) is 1.60. The molecule has 19 heavy (non-hydrogen) atoms. The lowest BCUT2D eigenvalue weighted by Crippen LogP contribution is -2.23. The smallest absolute Gasteiger partial charge is 0.142 e. The molecule has 1 unspecified atom stereocenters. The van der Waals surface area contributed by atoms with Crippen LogP contribution >= 0.6 is 23.2 Å². The molecule has 0 aliphatic heterocycles. The molecule has 108 valence electrons. The summed E-state index contributed by atoms with van der Waals surface area (Å²) in [6, 6.07) is 3.53. The summed E-state index contributed by atoms with van der Waals surface area (Å²) in [5.74, 6) is 1.14. The number of benzene rings is 1. The van der Waals surface area contributed by atoms with Crippen molar-refractivity contribution in [1.29, 1.82) is 0 Å². The van der Waals surface area contributed by atoms with E-state index in [-0.39, 0.29) is 6.61 Å². The van der Waals surface area contributed by atoms with Gasteiger partial charge in [0.15, 0.2) is 0 Å². The predicted octanol–water partition coefficient (Wildman–Crippen LogP) is 3.50. The van der Waals surface area contributed by atoms with E-state index in [1.807, 2.05) is 6.07 Å². The fourth-order valence-corrected chi connectivity index (χ4v) is 2.63. The van der Waals surface area contributed by atoms with Gasteiger partial charge in [-0.2, -0.15) is 0 Å². The number of methoxy groups -OCH3 is 1. The normalized spacial score (nSPS) is 12.5. The van der Waals surface area contributed by atoms with Crippen molar-refractivity contribution in [3.05, 3.63) is 27.7 Å². The molecule has 0 spiro atoms. The maximum absolute atomic E-state index is 8.96. The minimum Gasteiger partial charge on any atom is -0.495 e. The first-order chi connectivity index (χ1) is 9.12. The Kier molecular flexibility index (Phi) is 7.54. The highest BCUT2D eigenvalue weighted by molar-refractivity contribution is 6.35. The zero-order valence-corrected chi connectivity index (χ0v) is 12.9. The third-order valence-corrected chi connectivity index (χ3v) is 3.65. The van der Waals surface area contributed by atoms with Crippen LogP contribution in [0, 0.1) is 5.92 Å². The molecule has 0 aromatic heterocycles. The zero-order chi connectivity index (χ0) is 14.3. The molecule has 0 aliphatic carbocycles. The quantitative estimate of drug-likeness (QED) is 0.772. The first-order valence-corrected chi connectivity index (χ1v) is 7.21. The minimum absolute atomic E-state index is 0.229. The summed E-state index contributed by atoms with van der Waals surface area (Å²) < 4.78 is 5.29. The molecule has 2 N–H and O–H groups in total. The van der Waals surface area contributed by atoms with Crippen LogP contribution in [0.2, 0.25) is 10.0 Å². The number of ether oxygens (including phenoxy) is 1. The van der Waals surface area contributed by atoms with E-state index in [1.54, 1.807) is 13.2 Å². The molecule has 0 saturated carbocycles. The number of hydrogen-bond acceptors (Lipinski definition) is 3. The van der Waals surface area contributed by atoms with E-state index in [0.717, 1.165) is 24.9 Å². The number of rotatable bonds is 8. The fourth-order valence-electron chi connectivity index (χ4n) is 2.02. The number of nitrogens with one attached hydrogen (secondary N) is 1. The fraction of sp³-hybridized carbons (Fsp3) is 0.571. The molecule has 0 fully saturated rings. The molecule has 1 aromatic carbocycles. The van der Waals surface area contributed by atoms with E-state index in [1.165, 1.54) is 0 Å². The predicted molar refractivity (Wildman–Crippen MR) is 80.2 cm³/mol. The summed E-state index contributed by atoms with van der Waals surface area (Å²) in [5, 5.41) is 13.4. The largest absolute Gasteiger partial charge is 0.495 e. The van der Waals surface area contributed by atoms with Gasteiger partial charge in [-0.3, -0.25) is 0 Å². The molecule has 0 bridgehead atoms. The van der Waals surface area contributed by atoms with Crippen LogP contribution in [0.3, 0.4) is 0 Å². The second kappa shape index (κ2) is 8.64. The van der Waals surface area contributed by atoms with Gasteiger partial charge < -0.3 is 15.2 Å². The summed E-state index contributed by atoms with van der Waals surface area (Å²) in [4.78, 5) is 0. The molecule has 3 nitrogen and oxygen atoms in total. The Morgan fingerprint density at radius 1 is 1.37 bits per heavy atom. The first kappa shape index (κ1) is 16.6. The molecule has 0 radical (unpaired) electrons. The Morgan fingerprint density at radius 3 is 2.68 bits per heavy atom. The molecule has 0 amide bonds. The summed E-state index contributed by atoms with van der Waals surface area (Å²) in [5.41, 5.74) is 0.943. The highest BCUT2D eigenvalue weighted by atomic mass is 35.5. The van der Waals surface area contributed by atoms with Gasteiger partial charge in [-0.1, -0.05) is 36.5 Å². The lowest BCUT2D eigenvalue weighted by molar-refractivity contribution is 0.251. The molecular weight excluding hydrogens is 285 g/mol. The molecule has 0 saturated heterocycles. The Morgan fingerprint density at radius 2 is 2.11 bits per heavy atom. The summed E-state index contributed by atoms with van der Waals surface area (Å²) in [6.07, 6.45) is 1.86. The van der Waals surface area contributed by atoms with Gasteiger partial charge in [-0.25, -0.2) is 0 Å². The highest BCUT2D eigenvalue weighted by Crippen LogP contribution is 2.32. The first-order valence-electron chi connectivity index (χ1n) is 6.45. The lowest BCUT2D eigenvalue weighted by Gasteiger charge is -2.16. The minimum atomic E-state index is 0.229. The van der Waals surface area contributed by atoms with Crippen molar-refractivity contribution in [2.45, 2.75) is 26.3 Å². The lowest BCUT2D eigenvalue weighted by atomic mass is 10.0. The molecule has 1 aromatic rings. The zero-order valence-electron chi connectivity index (χ0n) is 11.4. The highest BCUT2D eigenvalue weighted by Gasteiger charge is 2.10. The van der Waals surface area contributed by atoms with Crippen LogP contribution in [0.5, 0.6) is 5.75 Å². The van der Waals surface area contributed by atoms with Gasteiger partial charge >= 0.3 is 0 Å². The van der Waals surface area contributed by atoms with E-state index in [9.17, 15) is 0 Å². The molecular formula is C14H21Cl2NO2. The van der Waals surface area contributed by atoms with E-state index in [0.29, 0.717) is 28.3 Å². The average molecular weight is 306 g/mol. The Balaban J connectivity index is 2.62. The van der Waals surface area contributed by atoms with Crippen LogP contribution in [0.4, 0.5) is 0 Å². The van der Waals surface area contributed by atoms with Crippen LogP contribution in [-0.2, 0) is 6.54 Å². The average Bonchev–Trinajstić information content (AvgIpc) is 2.37. The molecule has 1 rings (SSSR count). The monoisotopic (exact) mass is 305 g/mol. The van der Waals surface area contributed by atoms with Crippen molar-refractivity contribution in [3.8, 4) is 5.75 Å². The maximum atomic E-state index is 8.96. The summed E-state index contributed by atoms with van der Waals surface area (Å²) >= 11 is 12.1. The van der Waals surface area contributed by atoms with E-state index in [2.05, 4.69) is 12.2 Å². The number of hydrogen-bond donors (Lipinski definition) is 2. The van der Waals surface area contributed by atoms with Crippen molar-refractivity contribution >= 4 is 23.2 Å². The molecule has 5 heteroatoms. The van der Waals surface area contributed by atoms with Crippen molar-refractivity contribution in [2.75, 3.05) is 20.3 Å². The molecule has 1 atom stereocenters. The van der Waals surface area contributed by atoms with E-state index >= 15 is 0 Å². The van der Waals surface area contributed by atoms with Gasteiger partial charge in [0.05, 0.1) is 12.1 Å². The van der Waals surface area contributed by atoms with Crippen molar-refractivity contribution < 1.29 is 9.84 Å². The molecule has 0 aliphatic rings. The van der Waals surface area contributed by atoms with Gasteiger partial charge in [-0.15, -0.1) is 0 Å². The Labute approximate surface area is 124 Å². The van der Waals surface area contributed by atoms with Crippen LogP contribution < -0.4 is 10.1 Å². The summed E-state index contributed by atoms with van der Waals surface area (Å²) in [6.45, 7) is 3.85. The van der Waals surface area contributed by atoms with Crippen molar-refractivity contribution in [2.24, 2.45) is 5.92 Å². The second-order valence-corrected chi connectivity index (χ2v) is 5.34. The van der Waals surface area contributed by atoms with Crippen LogP contribution in [0.25, 0.3) is 0 Å². The van der Waals surface area contributed by atoms with E-state index in [4.69, 9.17) is 33.0 Å². The van der Waals surface area contributed by atoms with Gasteiger partial charge in [0.2, 0.25) is 0 Å². The standard InChI is InChI=1S/C14H21Cl2NO2/c1-3-10(4-5-18)8-17-9-11-6-12(15)7-13(16)14(11)19-2/h6-7,10,17-18H,3-5,8-9H2,1-2H3. The van der Waals surface area contributed by atoms with Crippen LogP contribution in [-0.4, -0.2) is 25.4 Å². The maximum Gasteiger partial charge on any atom is 0.142 e. The van der Waals surface area contributed by atoms with E-state index < -0.39 is 0 Å². The Bertz CT molecular complexity index is 399. The Hall–Kier alpha value is -0.480. The third-order valence-electron chi connectivity index (χ3n) is 3.15. The van der Waals surface area contributed by atoms with Gasteiger partial charge in [0.25, 0.3) is 0 Å². The van der Waals surface area contributed by atoms with Gasteiger partial charge in [0.1, 0.15) is 5.75 Å². The van der Waals surface area contributed by atoms with Crippen LogP contribution in [0.1, 0.15) is 25.3 Å². The van der Waals surface area contributed by atoms with Crippen molar-refractivity contribution in [3.63, 3.8) is 0 Å². The van der Waals surface area contributed by atoms with Gasteiger partial charge in [-0.05, 0) is 31.0 Å². The number of aliphatic hydroxyl groups is 1. The second-order valence-electron chi connectivity index (χ2n) is 4.50. The van der Waals surface area contributed by atoms with Gasteiger partial charge in [0, 0.05) is 23.7 Å². The number of halogens is 2. The molecule has 0 heterocycles. The third kappa shape index (κ3) is 5.19.